The molecule has 4 aromatic carbocycles. The summed E-state index contributed by atoms with van der Waals surface area (Å²) in [7, 11) is -19.1. The third-order valence-electron chi connectivity index (χ3n) is 8.07. The molecular weight excluding hydrogens is 765 g/mol. The first-order valence-electron chi connectivity index (χ1n) is 15.8. The van der Waals surface area contributed by atoms with Crippen molar-refractivity contribution in [3.63, 3.8) is 0 Å². The highest BCUT2D eigenvalue weighted by Gasteiger charge is 2.23. The molecule has 0 radical (unpaired) electrons. The van der Waals surface area contributed by atoms with Gasteiger partial charge in [-0.25, -0.2) is 0 Å². The van der Waals surface area contributed by atoms with Crippen LogP contribution in [0.15, 0.2) is 80.2 Å². The molecule has 2 amide bonds. The van der Waals surface area contributed by atoms with E-state index in [9.17, 15) is 61.5 Å². The maximum atomic E-state index is 12.5. The van der Waals surface area contributed by atoms with Gasteiger partial charge in [0.2, 0.25) is 11.8 Å². The second kappa shape index (κ2) is 16.3. The van der Waals surface area contributed by atoms with Crippen LogP contribution in [-0.4, -0.2) is 63.7 Å². The molecule has 4 rings (SSSR count). The summed E-state index contributed by atoms with van der Waals surface area (Å²) in [6.07, 6.45) is 5.86. The maximum Gasteiger partial charge on any atom is 0.295 e. The smallest absolute Gasteiger partial charge is 0.295 e. The van der Waals surface area contributed by atoms with Crippen molar-refractivity contribution in [1.82, 2.24) is 0 Å². The highest BCUT2D eigenvalue weighted by Crippen LogP contribution is 2.33. The molecule has 0 aliphatic carbocycles. The van der Waals surface area contributed by atoms with E-state index in [-0.39, 0.29) is 45.8 Å². The summed E-state index contributed by atoms with van der Waals surface area (Å²) in [4.78, 5) is 22.6. The minimum absolute atomic E-state index is 0.0777. The number of benzene rings is 4. The molecule has 16 nitrogen and oxygen atoms in total. The number of fused-ring (bicyclic) bond motifs is 2. The molecule has 0 unspecified atom stereocenters. The molecule has 0 fully saturated rings. The number of carbonyl (C=O) groups is 2. The molecule has 0 aliphatic heterocycles. The van der Waals surface area contributed by atoms with E-state index in [0.29, 0.717) is 25.7 Å². The molecule has 0 saturated heterocycles. The number of anilines is 2. The molecule has 0 saturated carbocycles. The Hall–Kier alpha value is -4.02. The molecule has 282 valence electrons. The number of nitrogens with one attached hydrogen (secondary N) is 2. The van der Waals surface area contributed by atoms with Gasteiger partial charge in [-0.1, -0.05) is 62.8 Å². The van der Waals surface area contributed by atoms with Gasteiger partial charge in [0.15, 0.2) is 0 Å². The highest BCUT2D eigenvalue weighted by molar-refractivity contribution is 7.87. The predicted molar refractivity (Wildman–Crippen MR) is 191 cm³/mol. The van der Waals surface area contributed by atoms with Gasteiger partial charge in [-0.3, -0.25) is 27.8 Å². The first kappa shape index (κ1) is 40.7. The fourth-order valence-corrected chi connectivity index (χ4v) is 8.61. The molecular formula is C32H36N2O14S4. The third kappa shape index (κ3) is 10.8. The fourth-order valence-electron chi connectivity index (χ4n) is 5.75. The van der Waals surface area contributed by atoms with Crippen molar-refractivity contribution in [3.8, 4) is 0 Å². The van der Waals surface area contributed by atoms with Gasteiger partial charge in [-0.2, -0.15) is 33.7 Å². The summed E-state index contributed by atoms with van der Waals surface area (Å²) in [5, 5.41) is 4.29. The van der Waals surface area contributed by atoms with Crippen molar-refractivity contribution < 1.29 is 61.5 Å². The van der Waals surface area contributed by atoms with Crippen molar-refractivity contribution in [2.45, 2.75) is 83.8 Å². The van der Waals surface area contributed by atoms with Crippen molar-refractivity contribution >= 4 is 85.2 Å². The largest absolute Gasteiger partial charge is 0.326 e. The van der Waals surface area contributed by atoms with Gasteiger partial charge in [0, 0.05) is 45.8 Å². The van der Waals surface area contributed by atoms with Crippen molar-refractivity contribution in [2.75, 3.05) is 10.6 Å². The van der Waals surface area contributed by atoms with Crippen LogP contribution in [0.25, 0.3) is 21.5 Å². The zero-order valence-corrected chi connectivity index (χ0v) is 30.6. The van der Waals surface area contributed by atoms with Crippen LogP contribution in [0, 0.1) is 0 Å². The molecule has 6 N–H and O–H groups in total. The summed E-state index contributed by atoms with van der Waals surface area (Å²) in [6, 6.07) is 11.4. The Balaban J connectivity index is 1.20. The van der Waals surface area contributed by atoms with Crippen molar-refractivity contribution in [1.29, 1.82) is 0 Å². The summed E-state index contributed by atoms with van der Waals surface area (Å²) < 4.78 is 134. The summed E-state index contributed by atoms with van der Waals surface area (Å²) in [5.41, 5.74) is -0.164. The lowest BCUT2D eigenvalue weighted by Crippen LogP contribution is -2.12. The molecule has 0 heterocycles. The lowest BCUT2D eigenvalue weighted by atomic mass is 10.1. The van der Waals surface area contributed by atoms with Crippen LogP contribution in [0.4, 0.5) is 11.4 Å². The van der Waals surface area contributed by atoms with Crippen LogP contribution in [0.3, 0.4) is 0 Å². The average Bonchev–Trinajstić information content (AvgIpc) is 3.02. The quantitative estimate of drug-likeness (QED) is 0.0572. The lowest BCUT2D eigenvalue weighted by Gasteiger charge is -2.12. The molecule has 52 heavy (non-hydrogen) atoms. The van der Waals surface area contributed by atoms with Crippen molar-refractivity contribution in [2.24, 2.45) is 0 Å². The Labute approximate surface area is 300 Å². The fraction of sp³-hybridized carbons (Fsp3) is 0.312. The van der Waals surface area contributed by atoms with E-state index in [2.05, 4.69) is 10.6 Å². The van der Waals surface area contributed by atoms with Crippen LogP contribution < -0.4 is 10.6 Å². The van der Waals surface area contributed by atoms with E-state index in [4.69, 9.17) is 0 Å². The lowest BCUT2D eigenvalue weighted by molar-refractivity contribution is -0.117. The van der Waals surface area contributed by atoms with E-state index < -0.39 is 71.9 Å². The highest BCUT2D eigenvalue weighted by atomic mass is 32.2. The summed E-state index contributed by atoms with van der Waals surface area (Å²) in [5.74, 6) is -0.944. The van der Waals surface area contributed by atoms with Gasteiger partial charge >= 0.3 is 0 Å². The van der Waals surface area contributed by atoms with E-state index in [1.165, 1.54) is 36.4 Å². The Morgan fingerprint density at radius 2 is 0.731 bits per heavy atom. The van der Waals surface area contributed by atoms with Crippen LogP contribution in [0.1, 0.15) is 64.2 Å². The normalized spacial score (nSPS) is 12.6. The number of hydrogen-bond acceptors (Lipinski definition) is 10. The molecule has 0 atom stereocenters. The van der Waals surface area contributed by atoms with Gasteiger partial charge in [0.25, 0.3) is 40.5 Å². The number of carbonyl (C=O) groups excluding carboxylic acids is 2. The maximum absolute atomic E-state index is 12.5. The minimum atomic E-state index is -4.82. The van der Waals surface area contributed by atoms with Gasteiger partial charge < -0.3 is 10.6 Å². The number of hydrogen-bond donors (Lipinski definition) is 6. The molecule has 0 spiro atoms. The SMILES string of the molecule is O=C(CCCCCCCCCCC(=O)Nc1cc(S(=O)(=O)O)c2cccc(S(=O)(=O)O)c2c1)Nc1cc(S(=O)(=O)O)c2cccc(S(=O)(=O)O)c2c1. The zero-order valence-electron chi connectivity index (χ0n) is 27.3. The topological polar surface area (TPSA) is 276 Å². The van der Waals surface area contributed by atoms with Crippen LogP contribution >= 0.6 is 0 Å². The van der Waals surface area contributed by atoms with Gasteiger partial charge in [0.1, 0.15) is 19.6 Å². The number of amides is 2. The Bertz CT molecular complexity index is 2290. The van der Waals surface area contributed by atoms with E-state index in [1.807, 2.05) is 0 Å². The van der Waals surface area contributed by atoms with E-state index >= 15 is 0 Å². The van der Waals surface area contributed by atoms with E-state index in [0.717, 1.165) is 49.9 Å². The Morgan fingerprint density at radius 1 is 0.423 bits per heavy atom. The van der Waals surface area contributed by atoms with E-state index in [1.54, 1.807) is 0 Å². The monoisotopic (exact) mass is 800 g/mol. The summed E-state index contributed by atoms with van der Waals surface area (Å²) in [6.45, 7) is 0. The number of unbranched alkanes of at least 4 members (excludes halogenated alkanes) is 7. The Kier molecular flexibility index (Phi) is 12.8. The predicted octanol–water partition coefficient (Wildman–Crippen LogP) is 5.46. The van der Waals surface area contributed by atoms with Crippen LogP contribution in [0.5, 0.6) is 0 Å². The minimum Gasteiger partial charge on any atom is -0.326 e. The van der Waals surface area contributed by atoms with Gasteiger partial charge in [0.05, 0.1) is 0 Å². The van der Waals surface area contributed by atoms with Crippen LogP contribution in [-0.2, 0) is 50.1 Å². The molecule has 4 aromatic rings. The van der Waals surface area contributed by atoms with Crippen LogP contribution in [0.2, 0.25) is 0 Å². The molecule has 0 aromatic heterocycles. The molecule has 20 heteroatoms. The molecule has 0 bridgehead atoms. The number of rotatable bonds is 17. The summed E-state index contributed by atoms with van der Waals surface area (Å²) >= 11 is 0. The zero-order chi connectivity index (χ0) is 38.5. The first-order valence-corrected chi connectivity index (χ1v) is 21.6. The Morgan fingerprint density at radius 3 is 1.04 bits per heavy atom. The second-order valence-corrected chi connectivity index (χ2v) is 17.5. The first-order chi connectivity index (χ1) is 24.2. The second-order valence-electron chi connectivity index (χ2n) is 12.0. The molecule has 0 aliphatic rings. The van der Waals surface area contributed by atoms with Gasteiger partial charge in [-0.05, 0) is 49.2 Å². The van der Waals surface area contributed by atoms with Gasteiger partial charge in [-0.15, -0.1) is 0 Å². The third-order valence-corrected chi connectivity index (χ3v) is 11.7. The average molecular weight is 801 g/mol. The standard InChI is InChI=1S/C32H36N2O14S4/c35-31(33-21-17-25-23(29(19-21)51(43,44)45)11-9-13-27(25)49(37,38)39)15-7-5-3-1-2-4-6-8-16-32(36)34-22-18-26-24(30(20-22)52(46,47)48)12-10-14-28(26)50(40,41)42/h9-14,17-20H,1-8,15-16H2,(H,33,35)(H,34,36)(H,37,38,39)(H,40,41,42)(H,43,44,45)(H,46,47,48). The van der Waals surface area contributed by atoms with Crippen molar-refractivity contribution in [3.05, 3.63) is 60.7 Å².